The minimum atomic E-state index is -0.0714. The van der Waals surface area contributed by atoms with Crippen molar-refractivity contribution in [3.05, 3.63) is 40.4 Å². The molecule has 1 rings (SSSR count). The van der Waals surface area contributed by atoms with E-state index >= 15 is 0 Å². The van der Waals surface area contributed by atoms with Gasteiger partial charge in [-0.15, -0.1) is 0 Å². The Kier molecular flexibility index (Phi) is 8.18. The molecule has 0 aromatic heterocycles. The molecule has 0 saturated carbocycles. The molecule has 1 aromatic carbocycles. The predicted molar refractivity (Wildman–Crippen MR) is 81.7 cm³/mol. The summed E-state index contributed by atoms with van der Waals surface area (Å²) in [6, 6.07) is 7.76. The first-order chi connectivity index (χ1) is 9.24. The van der Waals surface area contributed by atoms with Crippen molar-refractivity contribution in [1.82, 2.24) is 5.32 Å². The number of unbranched alkanes of at least 4 members (excludes halogenated alkanes) is 3. The second-order valence-corrected chi connectivity index (χ2v) is 5.14. The van der Waals surface area contributed by atoms with Crippen LogP contribution in [0.2, 0.25) is 0 Å². The molecule has 0 spiro atoms. The fourth-order valence-corrected chi connectivity index (χ4v) is 2.05. The van der Waals surface area contributed by atoms with Crippen molar-refractivity contribution >= 4 is 27.9 Å². The molecule has 1 aromatic rings. The van der Waals surface area contributed by atoms with Crippen LogP contribution in [0.5, 0.6) is 0 Å². The highest BCUT2D eigenvalue weighted by molar-refractivity contribution is 9.10. The maximum Gasteiger partial charge on any atom is 0.243 e. The number of aliphatic hydroxyl groups is 1. The van der Waals surface area contributed by atoms with Gasteiger partial charge in [0.2, 0.25) is 5.91 Å². The maximum absolute atomic E-state index is 11.6. The molecule has 1 amide bonds. The van der Waals surface area contributed by atoms with Crippen LogP contribution in [-0.2, 0) is 4.79 Å². The summed E-state index contributed by atoms with van der Waals surface area (Å²) in [6.07, 6.45) is 7.19. The van der Waals surface area contributed by atoms with E-state index in [1.165, 1.54) is 0 Å². The van der Waals surface area contributed by atoms with Crippen LogP contribution in [0.15, 0.2) is 34.8 Å². The van der Waals surface area contributed by atoms with E-state index in [4.69, 9.17) is 5.11 Å². The number of amides is 1. The number of rotatable bonds is 8. The second-order valence-electron chi connectivity index (χ2n) is 4.28. The molecule has 0 aliphatic carbocycles. The summed E-state index contributed by atoms with van der Waals surface area (Å²) in [6.45, 7) is 0.936. The topological polar surface area (TPSA) is 49.3 Å². The van der Waals surface area contributed by atoms with Gasteiger partial charge in [-0.3, -0.25) is 4.79 Å². The minimum Gasteiger partial charge on any atom is -0.396 e. The van der Waals surface area contributed by atoms with E-state index < -0.39 is 0 Å². The Hall–Kier alpha value is -1.13. The van der Waals surface area contributed by atoms with Gasteiger partial charge in [0.1, 0.15) is 0 Å². The van der Waals surface area contributed by atoms with Crippen LogP contribution in [0, 0.1) is 0 Å². The first-order valence-electron chi connectivity index (χ1n) is 6.55. The first kappa shape index (κ1) is 15.9. The van der Waals surface area contributed by atoms with Crippen molar-refractivity contribution in [3.8, 4) is 0 Å². The van der Waals surface area contributed by atoms with Gasteiger partial charge in [-0.1, -0.05) is 47.0 Å². The zero-order chi connectivity index (χ0) is 13.9. The van der Waals surface area contributed by atoms with Crippen LogP contribution in [0.25, 0.3) is 6.08 Å². The van der Waals surface area contributed by atoms with E-state index in [0.29, 0.717) is 6.54 Å². The van der Waals surface area contributed by atoms with Crippen molar-refractivity contribution in [2.75, 3.05) is 13.2 Å². The van der Waals surface area contributed by atoms with Gasteiger partial charge in [0, 0.05) is 23.7 Å². The van der Waals surface area contributed by atoms with Crippen LogP contribution in [0.3, 0.4) is 0 Å². The summed E-state index contributed by atoms with van der Waals surface area (Å²) in [5, 5.41) is 11.5. The predicted octanol–water partition coefficient (Wildman–Crippen LogP) is 3.13. The van der Waals surface area contributed by atoms with Crippen molar-refractivity contribution in [2.45, 2.75) is 25.7 Å². The van der Waals surface area contributed by atoms with Crippen LogP contribution in [-0.4, -0.2) is 24.2 Å². The van der Waals surface area contributed by atoms with Crippen molar-refractivity contribution in [1.29, 1.82) is 0 Å². The molecule has 0 unspecified atom stereocenters. The van der Waals surface area contributed by atoms with Gasteiger partial charge < -0.3 is 10.4 Å². The molecule has 0 aliphatic rings. The van der Waals surface area contributed by atoms with E-state index in [-0.39, 0.29) is 12.5 Å². The number of carbonyl (C=O) groups excluding carboxylic acids is 1. The summed E-state index contributed by atoms with van der Waals surface area (Å²) in [5.74, 6) is -0.0714. The third-order valence-electron chi connectivity index (χ3n) is 2.70. The highest BCUT2D eigenvalue weighted by Gasteiger charge is 1.97. The second kappa shape index (κ2) is 9.75. The molecule has 3 nitrogen and oxygen atoms in total. The van der Waals surface area contributed by atoms with E-state index in [1.54, 1.807) is 12.2 Å². The molecule has 0 heterocycles. The normalized spacial score (nSPS) is 10.8. The van der Waals surface area contributed by atoms with Crippen LogP contribution in [0.1, 0.15) is 31.2 Å². The highest BCUT2D eigenvalue weighted by Crippen LogP contribution is 2.16. The minimum absolute atomic E-state index is 0.0714. The van der Waals surface area contributed by atoms with Gasteiger partial charge in [0.25, 0.3) is 0 Å². The highest BCUT2D eigenvalue weighted by atomic mass is 79.9. The molecular weight excluding hydrogens is 306 g/mol. The van der Waals surface area contributed by atoms with Gasteiger partial charge in [-0.05, 0) is 30.5 Å². The third-order valence-corrected chi connectivity index (χ3v) is 3.43. The third kappa shape index (κ3) is 7.13. The lowest BCUT2D eigenvalue weighted by Crippen LogP contribution is -2.21. The first-order valence-corrected chi connectivity index (χ1v) is 7.34. The fourth-order valence-electron chi connectivity index (χ4n) is 1.64. The van der Waals surface area contributed by atoms with Gasteiger partial charge in [-0.2, -0.15) is 0 Å². The number of hydrogen-bond acceptors (Lipinski definition) is 2. The Morgan fingerprint density at radius 2 is 1.95 bits per heavy atom. The number of benzene rings is 1. The van der Waals surface area contributed by atoms with E-state index in [2.05, 4.69) is 21.2 Å². The zero-order valence-corrected chi connectivity index (χ0v) is 12.5. The quantitative estimate of drug-likeness (QED) is 0.570. The number of aliphatic hydroxyl groups excluding tert-OH is 1. The van der Waals surface area contributed by atoms with Crippen molar-refractivity contribution in [3.63, 3.8) is 0 Å². The summed E-state index contributed by atoms with van der Waals surface area (Å²) in [5.41, 5.74) is 0.987. The SMILES string of the molecule is O=C(/C=C/c1ccccc1Br)NCCCCCCO. The number of halogens is 1. The number of carbonyl (C=O) groups is 1. The van der Waals surface area contributed by atoms with Gasteiger partial charge >= 0.3 is 0 Å². The van der Waals surface area contributed by atoms with E-state index in [9.17, 15) is 4.79 Å². The largest absolute Gasteiger partial charge is 0.396 e. The molecule has 4 heteroatoms. The van der Waals surface area contributed by atoms with E-state index in [0.717, 1.165) is 35.7 Å². The van der Waals surface area contributed by atoms with Crippen LogP contribution < -0.4 is 5.32 Å². The molecule has 0 radical (unpaired) electrons. The Morgan fingerprint density at radius 1 is 1.21 bits per heavy atom. The van der Waals surface area contributed by atoms with Gasteiger partial charge in [-0.25, -0.2) is 0 Å². The lowest BCUT2D eigenvalue weighted by atomic mass is 10.2. The van der Waals surface area contributed by atoms with Crippen LogP contribution in [0.4, 0.5) is 0 Å². The molecule has 0 aliphatic heterocycles. The Labute approximate surface area is 122 Å². The lowest BCUT2D eigenvalue weighted by Gasteiger charge is -2.02. The maximum atomic E-state index is 11.6. The smallest absolute Gasteiger partial charge is 0.243 e. The summed E-state index contributed by atoms with van der Waals surface area (Å²) in [7, 11) is 0. The Morgan fingerprint density at radius 3 is 2.68 bits per heavy atom. The molecular formula is C15H20BrNO2. The van der Waals surface area contributed by atoms with Gasteiger partial charge in [0.05, 0.1) is 0 Å². The summed E-state index contributed by atoms with van der Waals surface area (Å²) >= 11 is 3.43. The standard InChI is InChI=1S/C15H20BrNO2/c16-14-8-4-3-7-13(14)9-10-15(19)17-11-5-1-2-6-12-18/h3-4,7-10,18H,1-2,5-6,11-12H2,(H,17,19)/b10-9+. The molecule has 19 heavy (non-hydrogen) atoms. The average molecular weight is 326 g/mol. The number of hydrogen-bond donors (Lipinski definition) is 2. The van der Waals surface area contributed by atoms with Crippen molar-refractivity contribution < 1.29 is 9.90 Å². The Bertz CT molecular complexity index is 418. The lowest BCUT2D eigenvalue weighted by molar-refractivity contribution is -0.116. The molecule has 0 bridgehead atoms. The summed E-state index contributed by atoms with van der Waals surface area (Å²) < 4.78 is 0.975. The number of nitrogens with one attached hydrogen (secondary N) is 1. The monoisotopic (exact) mass is 325 g/mol. The average Bonchev–Trinajstić information content (AvgIpc) is 2.42. The fraction of sp³-hybridized carbons (Fsp3) is 0.400. The van der Waals surface area contributed by atoms with Crippen LogP contribution >= 0.6 is 15.9 Å². The summed E-state index contributed by atoms with van der Waals surface area (Å²) in [4.78, 5) is 11.6. The molecule has 0 atom stereocenters. The molecule has 104 valence electrons. The Balaban J connectivity index is 2.22. The van der Waals surface area contributed by atoms with Gasteiger partial charge in [0.15, 0.2) is 0 Å². The molecule has 0 saturated heterocycles. The molecule has 0 fully saturated rings. The van der Waals surface area contributed by atoms with Crippen molar-refractivity contribution in [2.24, 2.45) is 0 Å². The zero-order valence-electron chi connectivity index (χ0n) is 10.9. The molecule has 2 N–H and O–H groups in total. The van der Waals surface area contributed by atoms with E-state index in [1.807, 2.05) is 24.3 Å².